The van der Waals surface area contributed by atoms with Crippen LogP contribution in [0.1, 0.15) is 41.1 Å². The number of aromatic nitrogens is 2. The molecular weight excluding hydrogens is 446 g/mol. The minimum absolute atomic E-state index is 0.0122. The highest BCUT2D eigenvalue weighted by Crippen LogP contribution is 2.36. The standard InChI is InChI=1S/C21H25N7O6/c22-17-16-12(9-24-18(16)27-21(23)26-17)7-8-28(10-29)13-3-1-11(2-4-13)19(32)25-14(20(33)34)5-6-15(30)31/h1-4,10,12,14H,5-9H2,(H,25,32)(H,30,31)(H,33,34)(H5,22,23,24,26,27)/t12?,14-/m0/s1. The summed E-state index contributed by atoms with van der Waals surface area (Å²) in [5, 5.41) is 23.4. The Hall–Kier alpha value is -4.42. The molecule has 0 fully saturated rings. The van der Waals surface area contributed by atoms with Crippen LogP contribution < -0.4 is 27.0 Å². The Kier molecular flexibility index (Phi) is 7.46. The number of rotatable bonds is 11. The number of benzene rings is 1. The van der Waals surface area contributed by atoms with E-state index >= 15 is 0 Å². The topological polar surface area (TPSA) is 214 Å². The number of carboxylic acid groups (broad SMARTS) is 2. The average molecular weight is 471 g/mol. The molecule has 0 saturated carbocycles. The highest BCUT2D eigenvalue weighted by molar-refractivity contribution is 5.97. The minimum atomic E-state index is -1.33. The van der Waals surface area contributed by atoms with Gasteiger partial charge in [-0.25, -0.2) is 4.79 Å². The van der Waals surface area contributed by atoms with Gasteiger partial charge in [-0.2, -0.15) is 9.97 Å². The molecular formula is C21H25N7O6. The molecule has 8 N–H and O–H groups in total. The third kappa shape index (κ3) is 5.68. The van der Waals surface area contributed by atoms with Gasteiger partial charge in [-0.15, -0.1) is 0 Å². The van der Waals surface area contributed by atoms with Crippen LogP contribution in [-0.4, -0.2) is 63.6 Å². The first-order chi connectivity index (χ1) is 16.2. The average Bonchev–Trinajstić information content (AvgIpc) is 3.20. The molecule has 1 aliphatic rings. The number of hydrogen-bond donors (Lipinski definition) is 6. The Balaban J connectivity index is 1.62. The smallest absolute Gasteiger partial charge is 0.326 e. The van der Waals surface area contributed by atoms with Crippen LogP contribution in [0.25, 0.3) is 0 Å². The Morgan fingerprint density at radius 3 is 2.53 bits per heavy atom. The molecule has 2 amide bonds. The second-order valence-corrected chi connectivity index (χ2v) is 7.74. The Labute approximate surface area is 194 Å². The zero-order chi connectivity index (χ0) is 24.8. The maximum atomic E-state index is 12.4. The van der Waals surface area contributed by atoms with Crippen LogP contribution in [0.4, 0.5) is 23.3 Å². The van der Waals surface area contributed by atoms with E-state index in [4.69, 9.17) is 16.6 Å². The van der Waals surface area contributed by atoms with Crippen molar-refractivity contribution < 1.29 is 29.4 Å². The van der Waals surface area contributed by atoms with Gasteiger partial charge in [0.05, 0.1) is 0 Å². The van der Waals surface area contributed by atoms with Gasteiger partial charge in [0.2, 0.25) is 12.4 Å². The number of hydrogen-bond acceptors (Lipinski definition) is 9. The molecule has 180 valence electrons. The summed E-state index contributed by atoms with van der Waals surface area (Å²) in [5.41, 5.74) is 13.1. The highest BCUT2D eigenvalue weighted by atomic mass is 16.4. The lowest BCUT2D eigenvalue weighted by Gasteiger charge is -2.20. The third-order valence-corrected chi connectivity index (χ3v) is 5.47. The molecule has 13 heteroatoms. The predicted molar refractivity (Wildman–Crippen MR) is 122 cm³/mol. The number of carbonyl (C=O) groups is 4. The normalized spacial score (nSPS) is 15.0. The van der Waals surface area contributed by atoms with Crippen molar-refractivity contribution in [3.05, 3.63) is 35.4 Å². The van der Waals surface area contributed by atoms with Crippen LogP contribution in [0.2, 0.25) is 0 Å². The number of aliphatic carboxylic acids is 2. The fourth-order valence-electron chi connectivity index (χ4n) is 3.72. The quantitative estimate of drug-likeness (QED) is 0.244. The van der Waals surface area contributed by atoms with E-state index in [1.54, 1.807) is 12.1 Å². The van der Waals surface area contributed by atoms with Crippen molar-refractivity contribution in [1.82, 2.24) is 15.3 Å². The summed E-state index contributed by atoms with van der Waals surface area (Å²) >= 11 is 0. The van der Waals surface area contributed by atoms with Crippen LogP contribution >= 0.6 is 0 Å². The number of carbonyl (C=O) groups excluding carboxylic acids is 2. The molecule has 0 saturated heterocycles. The largest absolute Gasteiger partial charge is 0.481 e. The Bertz CT molecular complexity index is 1090. The van der Waals surface area contributed by atoms with Crippen molar-refractivity contribution in [2.45, 2.75) is 31.2 Å². The maximum absolute atomic E-state index is 12.4. The number of fused-ring (bicyclic) bond motifs is 1. The second-order valence-electron chi connectivity index (χ2n) is 7.74. The van der Waals surface area contributed by atoms with Crippen molar-refractivity contribution in [2.24, 2.45) is 0 Å². The maximum Gasteiger partial charge on any atom is 0.326 e. The molecule has 0 bridgehead atoms. The fourth-order valence-corrected chi connectivity index (χ4v) is 3.72. The third-order valence-electron chi connectivity index (χ3n) is 5.47. The van der Waals surface area contributed by atoms with E-state index in [2.05, 4.69) is 20.6 Å². The summed E-state index contributed by atoms with van der Waals surface area (Å²) < 4.78 is 0. The van der Waals surface area contributed by atoms with E-state index in [1.165, 1.54) is 17.0 Å². The highest BCUT2D eigenvalue weighted by Gasteiger charge is 2.28. The van der Waals surface area contributed by atoms with E-state index in [0.717, 1.165) is 5.56 Å². The van der Waals surface area contributed by atoms with E-state index in [9.17, 15) is 24.3 Å². The first-order valence-corrected chi connectivity index (χ1v) is 10.4. The van der Waals surface area contributed by atoms with Crippen molar-refractivity contribution >= 4 is 47.5 Å². The Morgan fingerprint density at radius 1 is 1.21 bits per heavy atom. The molecule has 0 spiro atoms. The van der Waals surface area contributed by atoms with E-state index in [1.807, 2.05) is 0 Å². The summed E-state index contributed by atoms with van der Waals surface area (Å²) in [7, 11) is 0. The molecule has 34 heavy (non-hydrogen) atoms. The summed E-state index contributed by atoms with van der Waals surface area (Å²) in [6.45, 7) is 0.941. The molecule has 2 atom stereocenters. The molecule has 1 aromatic heterocycles. The van der Waals surface area contributed by atoms with Gasteiger partial charge in [-0.1, -0.05) is 0 Å². The van der Waals surface area contributed by atoms with Crippen LogP contribution in [0, 0.1) is 0 Å². The van der Waals surface area contributed by atoms with Gasteiger partial charge in [0.25, 0.3) is 5.91 Å². The number of carboxylic acids is 2. The first kappa shape index (κ1) is 24.2. The number of nitrogens with zero attached hydrogens (tertiary/aromatic N) is 3. The van der Waals surface area contributed by atoms with Gasteiger partial charge in [0.15, 0.2) is 0 Å². The molecule has 2 aromatic rings. The number of anilines is 4. The predicted octanol–water partition coefficient (Wildman–Crippen LogP) is 0.251. The zero-order valence-electron chi connectivity index (χ0n) is 18.1. The van der Waals surface area contributed by atoms with Crippen molar-refractivity contribution in [3.63, 3.8) is 0 Å². The molecule has 1 unspecified atom stereocenters. The molecule has 2 heterocycles. The number of nitrogen functional groups attached to an aromatic ring is 2. The minimum Gasteiger partial charge on any atom is -0.481 e. The molecule has 3 rings (SSSR count). The zero-order valence-corrected chi connectivity index (χ0v) is 18.1. The van der Waals surface area contributed by atoms with E-state index in [0.29, 0.717) is 43.2 Å². The fraction of sp³-hybridized carbons (Fsp3) is 0.333. The van der Waals surface area contributed by atoms with Crippen LogP contribution in [-0.2, 0) is 14.4 Å². The lowest BCUT2D eigenvalue weighted by molar-refractivity contribution is -0.140. The lowest BCUT2D eigenvalue weighted by Crippen LogP contribution is -2.41. The summed E-state index contributed by atoms with van der Waals surface area (Å²) in [6, 6.07) is 4.71. The molecule has 13 nitrogen and oxygen atoms in total. The van der Waals surface area contributed by atoms with Gasteiger partial charge >= 0.3 is 11.9 Å². The first-order valence-electron chi connectivity index (χ1n) is 10.4. The summed E-state index contributed by atoms with van der Waals surface area (Å²) in [5.74, 6) is -2.18. The van der Waals surface area contributed by atoms with Crippen LogP contribution in [0.3, 0.4) is 0 Å². The molecule has 1 aliphatic heterocycles. The van der Waals surface area contributed by atoms with E-state index < -0.39 is 30.3 Å². The number of amides is 2. The van der Waals surface area contributed by atoms with Crippen molar-refractivity contribution in [1.29, 1.82) is 0 Å². The van der Waals surface area contributed by atoms with Crippen molar-refractivity contribution in [3.8, 4) is 0 Å². The summed E-state index contributed by atoms with van der Waals surface area (Å²) in [4.78, 5) is 55.6. The monoisotopic (exact) mass is 471 g/mol. The van der Waals surface area contributed by atoms with Gasteiger partial charge in [-0.3, -0.25) is 14.4 Å². The molecule has 0 radical (unpaired) electrons. The number of nitrogens with two attached hydrogens (primary N) is 2. The SMILES string of the molecule is Nc1nc(N)c2c(n1)NCC2CCN(C=O)c1ccc(C(=O)N[C@@H](CCC(=O)O)C(=O)O)cc1. The van der Waals surface area contributed by atoms with Crippen molar-refractivity contribution in [2.75, 3.05) is 34.8 Å². The Morgan fingerprint density at radius 2 is 1.91 bits per heavy atom. The van der Waals surface area contributed by atoms with Gasteiger partial charge in [-0.05, 0) is 37.1 Å². The van der Waals surface area contributed by atoms with E-state index in [-0.39, 0.29) is 23.9 Å². The number of nitrogens with one attached hydrogen (secondary N) is 2. The van der Waals surface area contributed by atoms with Crippen LogP contribution in [0.5, 0.6) is 0 Å². The molecule has 0 aliphatic carbocycles. The second kappa shape index (κ2) is 10.5. The molecule has 1 aromatic carbocycles. The van der Waals surface area contributed by atoms with Gasteiger partial charge in [0, 0.05) is 42.2 Å². The summed E-state index contributed by atoms with van der Waals surface area (Å²) in [6.07, 6.45) is 0.612. The van der Waals surface area contributed by atoms with Crippen LogP contribution in [0.15, 0.2) is 24.3 Å². The van der Waals surface area contributed by atoms with Gasteiger partial charge < -0.3 is 37.2 Å². The lowest BCUT2D eigenvalue weighted by atomic mass is 9.99. The van der Waals surface area contributed by atoms with Gasteiger partial charge in [0.1, 0.15) is 17.7 Å².